The molecular weight excluding hydrogens is 440 g/mol. The van der Waals surface area contributed by atoms with Crippen LogP contribution in [-0.4, -0.2) is 83.3 Å². The van der Waals surface area contributed by atoms with Crippen LogP contribution >= 0.6 is 0 Å². The Morgan fingerprint density at radius 2 is 1.66 bits per heavy atom. The third kappa shape index (κ3) is 8.62. The van der Waals surface area contributed by atoms with Crippen molar-refractivity contribution in [3.8, 4) is 0 Å². The molecule has 7 nitrogen and oxygen atoms in total. The van der Waals surface area contributed by atoms with Gasteiger partial charge in [0.15, 0.2) is 0 Å². The molecule has 0 spiro atoms. The van der Waals surface area contributed by atoms with Crippen molar-refractivity contribution < 1.29 is 14.4 Å². The molecule has 0 aromatic rings. The first kappa shape index (κ1) is 31.1. The molecule has 1 rings (SSSR count). The van der Waals surface area contributed by atoms with Crippen LogP contribution < -0.4 is 5.32 Å². The Balaban J connectivity index is 3.10. The van der Waals surface area contributed by atoms with Crippen LogP contribution in [0.15, 0.2) is 11.6 Å². The first-order valence-corrected chi connectivity index (χ1v) is 13.7. The van der Waals surface area contributed by atoms with Crippen molar-refractivity contribution in [3.05, 3.63) is 11.6 Å². The molecule has 0 aromatic carbocycles. The molecule has 0 aromatic heterocycles. The van der Waals surface area contributed by atoms with Crippen LogP contribution in [0.5, 0.6) is 0 Å². The fourth-order valence-corrected chi connectivity index (χ4v) is 4.98. The molecule has 3 atom stereocenters. The molecule has 3 amide bonds. The predicted octanol–water partition coefficient (Wildman–Crippen LogP) is 4.08. The standard InChI is InChI=1S/C28H52N4O3/c1-11-16-31(12-2)27(34)22(9)18-24(19(3)4)30(10)28(35)25(20(5)6)29-26(33)23-15-13-14-17-32(23)21(7)8/h18-21,23-25H,11-17H2,1-10H3,(H,29,33)/b22-18+. The first-order valence-electron chi connectivity index (χ1n) is 13.7. The quantitative estimate of drug-likeness (QED) is 0.417. The topological polar surface area (TPSA) is 73.0 Å². The van der Waals surface area contributed by atoms with Gasteiger partial charge >= 0.3 is 0 Å². The molecule has 1 fully saturated rings. The number of carbonyl (C=O) groups is 3. The molecule has 1 N–H and O–H groups in total. The molecule has 0 aliphatic carbocycles. The first-order chi connectivity index (χ1) is 16.4. The second-order valence-electron chi connectivity index (χ2n) is 11.0. The number of carbonyl (C=O) groups excluding carboxylic acids is 3. The highest BCUT2D eigenvalue weighted by molar-refractivity contribution is 5.93. The monoisotopic (exact) mass is 492 g/mol. The number of rotatable bonds is 12. The fraction of sp³-hybridized carbons (Fsp3) is 0.821. The summed E-state index contributed by atoms with van der Waals surface area (Å²) in [5.41, 5.74) is 0.651. The van der Waals surface area contributed by atoms with Gasteiger partial charge in [-0.15, -0.1) is 0 Å². The van der Waals surface area contributed by atoms with E-state index in [4.69, 9.17) is 0 Å². The van der Waals surface area contributed by atoms with Gasteiger partial charge in [-0.3, -0.25) is 19.3 Å². The lowest BCUT2D eigenvalue weighted by Crippen LogP contribution is -2.58. The van der Waals surface area contributed by atoms with Crippen molar-refractivity contribution in [1.29, 1.82) is 0 Å². The summed E-state index contributed by atoms with van der Waals surface area (Å²) in [6.45, 7) is 20.5. The molecule has 1 aliphatic rings. The highest BCUT2D eigenvalue weighted by Crippen LogP contribution is 2.21. The molecule has 1 heterocycles. The van der Waals surface area contributed by atoms with Gasteiger partial charge in [0.2, 0.25) is 17.7 Å². The summed E-state index contributed by atoms with van der Waals surface area (Å²) in [4.78, 5) is 45.7. The van der Waals surface area contributed by atoms with Crippen LogP contribution in [0.3, 0.4) is 0 Å². The van der Waals surface area contributed by atoms with Crippen molar-refractivity contribution in [2.75, 3.05) is 26.7 Å². The van der Waals surface area contributed by atoms with Crippen LogP contribution in [0.1, 0.15) is 88.0 Å². The van der Waals surface area contributed by atoms with E-state index in [0.29, 0.717) is 12.1 Å². The molecule has 0 saturated carbocycles. The summed E-state index contributed by atoms with van der Waals surface area (Å²) in [5.74, 6) is -0.0899. The van der Waals surface area contributed by atoms with E-state index in [1.54, 1.807) is 11.9 Å². The SMILES string of the molecule is CCCN(CC)C(=O)/C(C)=C/C(C(C)C)N(C)C(=O)C(NC(=O)C1CCCCN1C(C)C)C(C)C. The number of likely N-dealkylation sites (tertiary alicyclic amines) is 1. The Labute approximate surface area is 214 Å². The summed E-state index contributed by atoms with van der Waals surface area (Å²) >= 11 is 0. The number of likely N-dealkylation sites (N-methyl/N-ethyl adjacent to an activating group) is 2. The molecule has 202 valence electrons. The maximum atomic E-state index is 13.7. The number of amides is 3. The lowest BCUT2D eigenvalue weighted by molar-refractivity contribution is -0.140. The summed E-state index contributed by atoms with van der Waals surface area (Å²) in [6.07, 6.45) is 5.78. The predicted molar refractivity (Wildman–Crippen MR) is 144 cm³/mol. The second kappa shape index (κ2) is 14.6. The molecule has 3 unspecified atom stereocenters. The fourth-order valence-electron chi connectivity index (χ4n) is 4.98. The summed E-state index contributed by atoms with van der Waals surface area (Å²) < 4.78 is 0. The maximum absolute atomic E-state index is 13.7. The molecule has 1 saturated heterocycles. The highest BCUT2D eigenvalue weighted by atomic mass is 16.2. The number of piperidine rings is 1. The van der Waals surface area contributed by atoms with E-state index >= 15 is 0 Å². The van der Waals surface area contributed by atoms with Crippen molar-refractivity contribution in [3.63, 3.8) is 0 Å². The summed E-state index contributed by atoms with van der Waals surface area (Å²) in [7, 11) is 1.79. The molecular formula is C28H52N4O3. The third-order valence-corrected chi connectivity index (χ3v) is 7.14. The van der Waals surface area contributed by atoms with Crippen molar-refractivity contribution in [1.82, 2.24) is 20.0 Å². The minimum Gasteiger partial charge on any atom is -0.343 e. The maximum Gasteiger partial charge on any atom is 0.249 e. The van der Waals surface area contributed by atoms with E-state index in [1.165, 1.54) is 0 Å². The highest BCUT2D eigenvalue weighted by Gasteiger charge is 2.36. The zero-order valence-electron chi connectivity index (χ0n) is 24.1. The largest absolute Gasteiger partial charge is 0.343 e. The van der Waals surface area contributed by atoms with E-state index < -0.39 is 6.04 Å². The van der Waals surface area contributed by atoms with Crippen LogP contribution in [0, 0.1) is 11.8 Å². The lowest BCUT2D eigenvalue weighted by atomic mass is 9.95. The Morgan fingerprint density at radius 3 is 2.14 bits per heavy atom. The Bertz CT molecular complexity index is 732. The van der Waals surface area contributed by atoms with Crippen LogP contribution in [0.2, 0.25) is 0 Å². The molecule has 7 heteroatoms. The van der Waals surface area contributed by atoms with Gasteiger partial charge in [-0.1, -0.05) is 47.1 Å². The van der Waals surface area contributed by atoms with Crippen LogP contribution in [0.25, 0.3) is 0 Å². The normalized spacial score (nSPS) is 19.1. The summed E-state index contributed by atoms with van der Waals surface area (Å²) in [6, 6.07) is -0.760. The van der Waals surface area contributed by atoms with Gasteiger partial charge < -0.3 is 15.1 Å². The number of hydrogen-bond donors (Lipinski definition) is 1. The van der Waals surface area contributed by atoms with Crippen molar-refractivity contribution in [2.24, 2.45) is 11.8 Å². The Morgan fingerprint density at radius 1 is 1.03 bits per heavy atom. The van der Waals surface area contributed by atoms with Crippen molar-refractivity contribution in [2.45, 2.75) is 112 Å². The summed E-state index contributed by atoms with van der Waals surface area (Å²) in [5, 5.41) is 3.10. The number of nitrogens with one attached hydrogen (secondary N) is 1. The van der Waals surface area contributed by atoms with Crippen LogP contribution in [0.4, 0.5) is 0 Å². The average Bonchev–Trinajstić information content (AvgIpc) is 2.82. The molecule has 0 bridgehead atoms. The van der Waals surface area contributed by atoms with E-state index in [1.807, 2.05) is 38.7 Å². The van der Waals surface area contributed by atoms with Gasteiger partial charge in [-0.2, -0.15) is 0 Å². The zero-order valence-corrected chi connectivity index (χ0v) is 24.1. The van der Waals surface area contributed by atoms with Gasteiger partial charge in [0.25, 0.3) is 0 Å². The van der Waals surface area contributed by atoms with Gasteiger partial charge in [-0.25, -0.2) is 0 Å². The Hall–Kier alpha value is -1.89. The second-order valence-corrected chi connectivity index (χ2v) is 11.0. The third-order valence-electron chi connectivity index (χ3n) is 7.14. The lowest BCUT2D eigenvalue weighted by Gasteiger charge is -2.39. The number of nitrogens with zero attached hydrogens (tertiary/aromatic N) is 3. The smallest absolute Gasteiger partial charge is 0.249 e. The van der Waals surface area contributed by atoms with E-state index in [2.05, 4.69) is 44.8 Å². The molecule has 1 aliphatic heterocycles. The van der Waals surface area contributed by atoms with Gasteiger partial charge in [-0.05, 0) is 65.3 Å². The number of hydrogen-bond acceptors (Lipinski definition) is 4. The van der Waals surface area contributed by atoms with Crippen molar-refractivity contribution >= 4 is 17.7 Å². The molecule has 0 radical (unpaired) electrons. The van der Waals surface area contributed by atoms with Gasteiger partial charge in [0.1, 0.15) is 6.04 Å². The van der Waals surface area contributed by atoms with Gasteiger partial charge in [0.05, 0.1) is 12.1 Å². The van der Waals surface area contributed by atoms with Gasteiger partial charge in [0, 0.05) is 31.8 Å². The van der Waals surface area contributed by atoms with E-state index in [0.717, 1.165) is 38.8 Å². The zero-order chi connectivity index (χ0) is 26.9. The van der Waals surface area contributed by atoms with E-state index in [9.17, 15) is 14.4 Å². The van der Waals surface area contributed by atoms with E-state index in [-0.39, 0.29) is 47.7 Å². The van der Waals surface area contributed by atoms with Crippen LogP contribution in [-0.2, 0) is 14.4 Å². The average molecular weight is 493 g/mol. The minimum absolute atomic E-state index is 0.0145. The minimum atomic E-state index is -0.610. The Kier molecular flexibility index (Phi) is 13.0. The molecule has 35 heavy (non-hydrogen) atoms.